The highest BCUT2D eigenvalue weighted by molar-refractivity contribution is 7.92. The summed E-state index contributed by atoms with van der Waals surface area (Å²) in [7, 11) is -3.56. The van der Waals surface area contributed by atoms with E-state index in [1.165, 1.54) is 4.31 Å². The number of carbonyl (C=O) groups is 1. The van der Waals surface area contributed by atoms with E-state index in [1.807, 2.05) is 50.2 Å². The molecule has 1 aliphatic rings. The van der Waals surface area contributed by atoms with Crippen molar-refractivity contribution in [2.24, 2.45) is 0 Å². The zero-order chi connectivity index (χ0) is 18.2. The lowest BCUT2D eigenvalue weighted by Gasteiger charge is -2.28. The maximum Gasteiger partial charge on any atom is 0.248 e. The van der Waals surface area contributed by atoms with Crippen molar-refractivity contribution in [3.8, 4) is 0 Å². The molecular formula is C19H22N2O3S. The molecule has 132 valence electrons. The van der Waals surface area contributed by atoms with E-state index in [2.05, 4.69) is 0 Å². The van der Waals surface area contributed by atoms with Gasteiger partial charge in [-0.25, -0.2) is 8.42 Å². The van der Waals surface area contributed by atoms with Crippen LogP contribution in [0.3, 0.4) is 0 Å². The molecule has 0 N–H and O–H groups in total. The summed E-state index contributed by atoms with van der Waals surface area (Å²) in [5.74, 6) is -0.219. The van der Waals surface area contributed by atoms with Gasteiger partial charge in [0.2, 0.25) is 15.9 Å². The van der Waals surface area contributed by atoms with Gasteiger partial charge in [0, 0.05) is 11.7 Å². The number of aryl methyl sites for hydroxylation is 1. The molecule has 5 nitrogen and oxygen atoms in total. The van der Waals surface area contributed by atoms with Crippen LogP contribution in [0.25, 0.3) is 0 Å². The van der Waals surface area contributed by atoms with Crippen molar-refractivity contribution in [1.82, 2.24) is 0 Å². The van der Waals surface area contributed by atoms with Gasteiger partial charge in [-0.2, -0.15) is 0 Å². The minimum atomic E-state index is -3.56. The van der Waals surface area contributed by atoms with Gasteiger partial charge in [0.15, 0.2) is 0 Å². The average molecular weight is 358 g/mol. The number of benzene rings is 2. The Morgan fingerprint density at radius 3 is 2.44 bits per heavy atom. The third-order valence-electron chi connectivity index (χ3n) is 4.48. The van der Waals surface area contributed by atoms with E-state index in [4.69, 9.17) is 0 Å². The van der Waals surface area contributed by atoms with E-state index >= 15 is 0 Å². The van der Waals surface area contributed by atoms with Gasteiger partial charge in [0.25, 0.3) is 0 Å². The fourth-order valence-corrected chi connectivity index (χ4v) is 4.11. The predicted molar refractivity (Wildman–Crippen MR) is 100 cm³/mol. The lowest BCUT2D eigenvalue weighted by molar-refractivity contribution is -0.117. The van der Waals surface area contributed by atoms with Gasteiger partial charge in [0.05, 0.1) is 11.9 Å². The molecule has 0 saturated heterocycles. The Bertz CT molecular complexity index is 891. The Morgan fingerprint density at radius 1 is 1.16 bits per heavy atom. The first kappa shape index (κ1) is 17.5. The van der Waals surface area contributed by atoms with Crippen molar-refractivity contribution in [1.29, 1.82) is 0 Å². The van der Waals surface area contributed by atoms with Crippen LogP contribution in [0.15, 0.2) is 48.5 Å². The molecule has 0 fully saturated rings. The molecule has 2 aromatic rings. The highest BCUT2D eigenvalue weighted by atomic mass is 32.2. The summed E-state index contributed by atoms with van der Waals surface area (Å²) in [5.41, 5.74) is 3.52. The molecule has 1 atom stereocenters. The monoisotopic (exact) mass is 358 g/mol. The predicted octanol–water partition coefficient (Wildman–Crippen LogP) is 2.74. The Morgan fingerprint density at radius 2 is 1.80 bits per heavy atom. The molecule has 25 heavy (non-hydrogen) atoms. The summed E-state index contributed by atoms with van der Waals surface area (Å²) in [5, 5.41) is 0. The van der Waals surface area contributed by atoms with Gasteiger partial charge in [-0.3, -0.25) is 9.10 Å². The van der Waals surface area contributed by atoms with E-state index < -0.39 is 10.0 Å². The molecule has 0 saturated carbocycles. The molecule has 0 bridgehead atoms. The Labute approximate surface area is 148 Å². The maximum atomic E-state index is 12.9. The second-order valence-electron chi connectivity index (χ2n) is 6.55. The van der Waals surface area contributed by atoms with Gasteiger partial charge in [-0.1, -0.05) is 35.9 Å². The van der Waals surface area contributed by atoms with E-state index in [0.717, 1.165) is 29.5 Å². The third kappa shape index (κ3) is 3.54. The van der Waals surface area contributed by atoms with Crippen LogP contribution in [0.1, 0.15) is 18.1 Å². The molecule has 3 rings (SSSR count). The summed E-state index contributed by atoms with van der Waals surface area (Å²) in [4.78, 5) is 14.6. The molecule has 6 heteroatoms. The van der Waals surface area contributed by atoms with Crippen molar-refractivity contribution in [3.63, 3.8) is 0 Å². The van der Waals surface area contributed by atoms with Crippen molar-refractivity contribution >= 4 is 27.3 Å². The number of hydrogen-bond acceptors (Lipinski definition) is 3. The normalized spacial score (nSPS) is 16.6. The molecule has 1 aliphatic heterocycles. The molecule has 1 heterocycles. The van der Waals surface area contributed by atoms with Crippen LogP contribution in [-0.2, 0) is 21.2 Å². The number of hydrogen-bond donors (Lipinski definition) is 0. The molecule has 2 aromatic carbocycles. The lowest BCUT2D eigenvalue weighted by Crippen LogP contribution is -2.45. The number of para-hydroxylation sites is 1. The number of anilines is 2. The molecule has 0 aliphatic carbocycles. The number of nitrogens with zero attached hydrogens (tertiary/aromatic N) is 2. The van der Waals surface area contributed by atoms with Crippen molar-refractivity contribution in [3.05, 3.63) is 59.7 Å². The Kier molecular flexibility index (Phi) is 4.56. The van der Waals surface area contributed by atoms with Crippen molar-refractivity contribution in [2.45, 2.75) is 26.3 Å². The number of fused-ring (bicyclic) bond motifs is 1. The molecule has 1 amide bonds. The van der Waals surface area contributed by atoms with Gasteiger partial charge in [-0.15, -0.1) is 0 Å². The summed E-state index contributed by atoms with van der Waals surface area (Å²) in [6.45, 7) is 3.71. The Hall–Kier alpha value is -2.34. The summed E-state index contributed by atoms with van der Waals surface area (Å²) >= 11 is 0. The number of sulfonamides is 1. The SMILES string of the molecule is Cc1ccc(N(CC(=O)N2c3ccccc3C[C@H]2C)S(C)(=O)=O)cc1. The first-order chi connectivity index (χ1) is 11.8. The number of amides is 1. The topological polar surface area (TPSA) is 57.7 Å². The quantitative estimate of drug-likeness (QED) is 0.844. The second-order valence-corrected chi connectivity index (χ2v) is 8.46. The van der Waals surface area contributed by atoms with Gasteiger partial charge in [-0.05, 0) is 44.0 Å². The standard InChI is InChI=1S/C19H22N2O3S/c1-14-8-10-17(11-9-14)20(25(3,23)24)13-19(22)21-15(2)12-16-6-4-5-7-18(16)21/h4-11,15H,12-13H2,1-3H3/t15-/m1/s1. The molecule has 0 spiro atoms. The first-order valence-electron chi connectivity index (χ1n) is 8.21. The van der Waals surface area contributed by atoms with Crippen LogP contribution in [0, 0.1) is 6.92 Å². The van der Waals surface area contributed by atoms with Gasteiger partial charge < -0.3 is 4.90 Å². The fourth-order valence-electron chi connectivity index (χ4n) is 3.26. The summed E-state index contributed by atoms with van der Waals surface area (Å²) in [6, 6.07) is 14.9. The van der Waals surface area contributed by atoms with E-state index in [0.29, 0.717) is 5.69 Å². The van der Waals surface area contributed by atoms with Gasteiger partial charge >= 0.3 is 0 Å². The van der Waals surface area contributed by atoms with Crippen LogP contribution >= 0.6 is 0 Å². The first-order valence-corrected chi connectivity index (χ1v) is 10.1. The van der Waals surface area contributed by atoms with Gasteiger partial charge in [0.1, 0.15) is 6.54 Å². The highest BCUT2D eigenvalue weighted by Gasteiger charge is 2.32. The van der Waals surface area contributed by atoms with E-state index in [9.17, 15) is 13.2 Å². The van der Waals surface area contributed by atoms with Crippen molar-refractivity contribution in [2.75, 3.05) is 22.0 Å². The zero-order valence-electron chi connectivity index (χ0n) is 14.6. The molecule has 0 aromatic heterocycles. The second kappa shape index (κ2) is 6.52. The minimum Gasteiger partial charge on any atom is -0.307 e. The molecule has 0 unspecified atom stereocenters. The van der Waals surface area contributed by atoms with E-state index in [1.54, 1.807) is 17.0 Å². The molecular weight excluding hydrogens is 336 g/mol. The van der Waals surface area contributed by atoms with E-state index in [-0.39, 0.29) is 18.5 Å². The molecule has 0 radical (unpaired) electrons. The largest absolute Gasteiger partial charge is 0.307 e. The highest BCUT2D eigenvalue weighted by Crippen LogP contribution is 2.32. The van der Waals surface area contributed by atoms with Crippen LogP contribution in [-0.4, -0.2) is 33.2 Å². The van der Waals surface area contributed by atoms with Crippen LogP contribution in [0.4, 0.5) is 11.4 Å². The lowest BCUT2D eigenvalue weighted by atomic mass is 10.1. The van der Waals surface area contributed by atoms with Crippen molar-refractivity contribution < 1.29 is 13.2 Å². The zero-order valence-corrected chi connectivity index (χ0v) is 15.5. The summed E-state index contributed by atoms with van der Waals surface area (Å²) in [6.07, 6.45) is 1.91. The fraction of sp³-hybridized carbons (Fsp3) is 0.316. The number of rotatable bonds is 4. The average Bonchev–Trinajstić information content (AvgIpc) is 2.88. The maximum absolute atomic E-state index is 12.9. The number of carbonyl (C=O) groups excluding carboxylic acids is 1. The van der Waals surface area contributed by atoms with Crippen LogP contribution < -0.4 is 9.21 Å². The minimum absolute atomic E-state index is 0.0179. The summed E-state index contributed by atoms with van der Waals surface area (Å²) < 4.78 is 25.7. The third-order valence-corrected chi connectivity index (χ3v) is 5.62. The Balaban J connectivity index is 1.90. The van der Waals surface area contributed by atoms with Crippen LogP contribution in [0.2, 0.25) is 0 Å². The smallest absolute Gasteiger partial charge is 0.248 e. The van der Waals surface area contributed by atoms with Crippen LogP contribution in [0.5, 0.6) is 0 Å².